The lowest BCUT2D eigenvalue weighted by Gasteiger charge is -2.37. The van der Waals surface area contributed by atoms with Crippen LogP contribution in [0.15, 0.2) is 9.64 Å². The molecule has 1 aliphatic rings. The Morgan fingerprint density at radius 1 is 1.35 bits per heavy atom. The largest absolute Gasteiger partial charge is 0.408 e. The van der Waals surface area contributed by atoms with E-state index in [-0.39, 0.29) is 36.0 Å². The molecule has 26 heavy (non-hydrogen) atoms. The topological polar surface area (TPSA) is 88.3 Å². The van der Waals surface area contributed by atoms with Crippen molar-refractivity contribution >= 4 is 36.4 Å². The van der Waals surface area contributed by atoms with Crippen LogP contribution in [0.5, 0.6) is 0 Å². The second-order valence-electron chi connectivity index (χ2n) is 6.72. The first-order valence-electron chi connectivity index (χ1n) is 8.96. The molecule has 2 rings (SSSR count). The van der Waals surface area contributed by atoms with Crippen molar-refractivity contribution in [1.82, 2.24) is 20.4 Å². The van der Waals surface area contributed by atoms with Gasteiger partial charge >= 0.3 is 0 Å². The van der Waals surface area contributed by atoms with E-state index in [9.17, 15) is 9.59 Å². The van der Waals surface area contributed by atoms with E-state index in [1.165, 1.54) is 18.2 Å². The molecule has 0 unspecified atom stereocenters. The van der Waals surface area contributed by atoms with E-state index in [1.54, 1.807) is 4.90 Å². The zero-order chi connectivity index (χ0) is 18.2. The molecule has 0 spiro atoms. The van der Waals surface area contributed by atoms with Crippen LogP contribution in [0.1, 0.15) is 56.6 Å². The molecule has 0 bridgehead atoms. The molecular formula is C17H29ClN4O3S. The first-order valence-corrected chi connectivity index (χ1v) is 9.95. The molecule has 1 atom stereocenters. The molecule has 0 saturated heterocycles. The molecule has 0 aliphatic heterocycles. The lowest BCUT2D eigenvalue weighted by atomic mass is 9.90. The number of halogens is 1. The summed E-state index contributed by atoms with van der Waals surface area (Å²) >= 11 is 1.41. The predicted octanol–water partition coefficient (Wildman–Crippen LogP) is 2.80. The first kappa shape index (κ1) is 22.9. The summed E-state index contributed by atoms with van der Waals surface area (Å²) in [5.41, 5.74) is 0. The van der Waals surface area contributed by atoms with Crippen LogP contribution >= 0.6 is 24.2 Å². The summed E-state index contributed by atoms with van der Waals surface area (Å²) in [5, 5.41) is 11.3. The minimum atomic E-state index is -0.559. The van der Waals surface area contributed by atoms with Gasteiger partial charge in [-0.1, -0.05) is 44.9 Å². The number of amides is 1. The van der Waals surface area contributed by atoms with Gasteiger partial charge in [0.25, 0.3) is 11.1 Å². The predicted molar refractivity (Wildman–Crippen MR) is 104 cm³/mol. The number of thioether (sulfide) groups is 1. The minimum Gasteiger partial charge on any atom is -0.408 e. The Kier molecular flexibility index (Phi) is 10.2. The van der Waals surface area contributed by atoms with E-state index >= 15 is 0 Å². The summed E-state index contributed by atoms with van der Waals surface area (Å²) in [6.07, 6.45) is 6.11. The Bertz CT molecular complexity index is 564. The van der Waals surface area contributed by atoms with Crippen LogP contribution in [0.4, 0.5) is 0 Å². The Balaban J connectivity index is 0.00000338. The van der Waals surface area contributed by atoms with Gasteiger partial charge < -0.3 is 14.6 Å². The average Bonchev–Trinajstić information content (AvgIpc) is 3.08. The average molecular weight is 405 g/mol. The monoisotopic (exact) mass is 404 g/mol. The summed E-state index contributed by atoms with van der Waals surface area (Å²) < 4.78 is 5.53. The normalized spacial score (nSPS) is 16.2. The number of carbonyl (C=O) groups is 2. The van der Waals surface area contributed by atoms with Gasteiger partial charge in [0.1, 0.15) is 6.04 Å². The molecule has 9 heteroatoms. The number of hydrogen-bond donors (Lipinski definition) is 1. The van der Waals surface area contributed by atoms with Crippen LogP contribution in [-0.2, 0) is 4.79 Å². The Morgan fingerprint density at radius 3 is 2.62 bits per heavy atom. The second kappa shape index (κ2) is 11.6. The van der Waals surface area contributed by atoms with Crippen LogP contribution < -0.4 is 5.32 Å². The maximum atomic E-state index is 13.0. The lowest BCUT2D eigenvalue weighted by Crippen LogP contribution is -2.50. The third kappa shape index (κ3) is 5.96. The van der Waals surface area contributed by atoms with E-state index < -0.39 is 6.04 Å². The van der Waals surface area contributed by atoms with Crippen LogP contribution in [0, 0.1) is 5.92 Å². The van der Waals surface area contributed by atoms with Gasteiger partial charge in [0.15, 0.2) is 0 Å². The fourth-order valence-electron chi connectivity index (χ4n) is 3.27. The molecule has 1 amide bonds. The molecule has 1 aromatic rings. The number of Topliss-reactive ketones (excluding diaryl/α,β-unsaturated/α-hetero) is 1. The molecule has 1 aromatic heterocycles. The molecule has 7 nitrogen and oxygen atoms in total. The number of nitrogens with zero attached hydrogens (tertiary/aromatic N) is 3. The molecular weight excluding hydrogens is 376 g/mol. The van der Waals surface area contributed by atoms with Crippen LogP contribution in [-0.4, -0.2) is 58.7 Å². The summed E-state index contributed by atoms with van der Waals surface area (Å²) in [5.74, 6) is 0.489. The van der Waals surface area contributed by atoms with E-state index in [1.807, 2.05) is 20.9 Å². The SMILES string of the molecule is CNCCSc1nnc(C(=O)[C@H](C(C)C)N(C=O)C2CCCCC2)o1.Cl. The van der Waals surface area contributed by atoms with Gasteiger partial charge in [-0.15, -0.1) is 22.6 Å². The minimum absolute atomic E-state index is 0. The van der Waals surface area contributed by atoms with Crippen molar-refractivity contribution in [2.24, 2.45) is 5.92 Å². The molecule has 1 saturated carbocycles. The maximum absolute atomic E-state index is 13.0. The molecule has 0 aromatic carbocycles. The molecule has 0 radical (unpaired) electrons. The van der Waals surface area contributed by atoms with Gasteiger partial charge in [-0.3, -0.25) is 9.59 Å². The standard InChI is InChI=1S/C17H28N4O3S.ClH/c1-12(2)14(21(11-22)13-7-5-4-6-8-13)15(23)16-19-20-17(24-16)25-10-9-18-3;/h11-14,18H,4-10H2,1-3H3;1H/t14-;/m0./s1. The van der Waals surface area contributed by atoms with Crippen molar-refractivity contribution in [2.75, 3.05) is 19.3 Å². The third-order valence-electron chi connectivity index (χ3n) is 4.53. The quantitative estimate of drug-likeness (QED) is 0.277. The summed E-state index contributed by atoms with van der Waals surface area (Å²) in [6, 6.07) is -0.439. The smallest absolute Gasteiger partial charge is 0.286 e. The number of ketones is 1. The van der Waals surface area contributed by atoms with Crippen molar-refractivity contribution in [3.8, 4) is 0 Å². The summed E-state index contributed by atoms with van der Waals surface area (Å²) in [6.45, 7) is 4.70. The van der Waals surface area contributed by atoms with Gasteiger partial charge in [0.2, 0.25) is 12.2 Å². The number of nitrogens with one attached hydrogen (secondary N) is 1. The molecule has 1 heterocycles. The Hall–Kier alpha value is -1.12. The number of rotatable bonds is 10. The summed E-state index contributed by atoms with van der Waals surface area (Å²) in [4.78, 5) is 26.4. The van der Waals surface area contributed by atoms with Gasteiger partial charge in [0, 0.05) is 18.3 Å². The highest BCUT2D eigenvalue weighted by Gasteiger charge is 2.36. The van der Waals surface area contributed by atoms with Crippen molar-refractivity contribution in [1.29, 1.82) is 0 Å². The highest BCUT2D eigenvalue weighted by atomic mass is 35.5. The third-order valence-corrected chi connectivity index (χ3v) is 5.35. The van der Waals surface area contributed by atoms with Crippen molar-refractivity contribution in [3.05, 3.63) is 5.89 Å². The van der Waals surface area contributed by atoms with E-state index in [4.69, 9.17) is 4.42 Å². The first-order chi connectivity index (χ1) is 12.1. The van der Waals surface area contributed by atoms with Crippen LogP contribution in [0.2, 0.25) is 0 Å². The number of hydrogen-bond acceptors (Lipinski definition) is 7. The zero-order valence-electron chi connectivity index (χ0n) is 15.6. The van der Waals surface area contributed by atoms with Gasteiger partial charge in [-0.05, 0) is 25.8 Å². The molecule has 148 valence electrons. The Morgan fingerprint density at radius 2 is 2.04 bits per heavy atom. The van der Waals surface area contributed by atoms with Gasteiger partial charge in [-0.25, -0.2) is 0 Å². The lowest BCUT2D eigenvalue weighted by molar-refractivity contribution is -0.123. The van der Waals surface area contributed by atoms with E-state index in [0.717, 1.165) is 44.4 Å². The molecule has 1 aliphatic carbocycles. The zero-order valence-corrected chi connectivity index (χ0v) is 17.3. The highest BCUT2D eigenvalue weighted by Crippen LogP contribution is 2.27. The fraction of sp³-hybridized carbons (Fsp3) is 0.765. The van der Waals surface area contributed by atoms with Crippen molar-refractivity contribution in [2.45, 2.75) is 63.3 Å². The van der Waals surface area contributed by atoms with Crippen molar-refractivity contribution in [3.63, 3.8) is 0 Å². The van der Waals surface area contributed by atoms with Crippen LogP contribution in [0.3, 0.4) is 0 Å². The van der Waals surface area contributed by atoms with Gasteiger partial charge in [0.05, 0.1) is 0 Å². The fourth-order valence-corrected chi connectivity index (χ4v) is 3.99. The summed E-state index contributed by atoms with van der Waals surface area (Å²) in [7, 11) is 1.87. The number of aromatic nitrogens is 2. The van der Waals surface area contributed by atoms with Gasteiger partial charge in [-0.2, -0.15) is 0 Å². The molecule has 1 fully saturated rings. The Labute approximate surface area is 165 Å². The second-order valence-corrected chi connectivity index (χ2v) is 7.77. The maximum Gasteiger partial charge on any atom is 0.286 e. The van der Waals surface area contributed by atoms with Crippen molar-refractivity contribution < 1.29 is 14.0 Å². The molecule has 1 N–H and O–H groups in total. The van der Waals surface area contributed by atoms with Crippen LogP contribution in [0.25, 0.3) is 0 Å². The van der Waals surface area contributed by atoms with E-state index in [0.29, 0.717) is 5.22 Å². The van der Waals surface area contributed by atoms with E-state index in [2.05, 4.69) is 15.5 Å². The number of carbonyl (C=O) groups excluding carboxylic acids is 2. The highest BCUT2D eigenvalue weighted by molar-refractivity contribution is 7.99.